The number of carbonyl (C=O) groups is 1. The molecule has 1 rings (SSSR count). The molecule has 6 heteroatoms. The number of nitrogens with zero attached hydrogens (tertiary/aromatic N) is 1. The van der Waals surface area contributed by atoms with Gasteiger partial charge in [-0.1, -0.05) is 0 Å². The summed E-state index contributed by atoms with van der Waals surface area (Å²) in [5, 5.41) is 2.42. The minimum atomic E-state index is -0.428. The van der Waals surface area contributed by atoms with E-state index < -0.39 is 6.04 Å². The molecule has 0 aliphatic carbocycles. The van der Waals surface area contributed by atoms with Gasteiger partial charge in [-0.25, -0.2) is 11.1 Å². The smallest absolute Gasteiger partial charge is 0.870 e. The van der Waals surface area contributed by atoms with Gasteiger partial charge in [0, 0.05) is 13.6 Å². The average molecular weight is 151 g/mol. The van der Waals surface area contributed by atoms with Gasteiger partial charge in [0.2, 0.25) is 0 Å². The second-order valence-electron chi connectivity index (χ2n) is 2.00. The van der Waals surface area contributed by atoms with Gasteiger partial charge in [-0.3, -0.25) is 0 Å². The molecule has 1 fully saturated rings. The van der Waals surface area contributed by atoms with Gasteiger partial charge in [0.05, 0.1) is 0 Å². The Labute approximate surface area is 76.6 Å². The number of hydrogen-bond acceptors (Lipinski definition) is 3. The first-order valence-electron chi connectivity index (χ1n) is 2.63. The van der Waals surface area contributed by atoms with E-state index in [4.69, 9.17) is 0 Å². The largest absolute Gasteiger partial charge is 1.00 e. The fraction of sp³-hybridized carbons (Fsp3) is 0.600. The fourth-order valence-corrected chi connectivity index (χ4v) is 0.728. The molecule has 0 saturated carbocycles. The first kappa shape index (κ1) is 13.1. The molecule has 1 heterocycles. The molecule has 0 bridgehead atoms. The van der Waals surface area contributed by atoms with Gasteiger partial charge in [0.15, 0.2) is 0 Å². The van der Waals surface area contributed by atoms with Gasteiger partial charge in [-0.2, -0.15) is 0 Å². The molecule has 1 unspecified atom stereocenters. The normalized spacial score (nSPS) is 21.4. The van der Waals surface area contributed by atoms with Crippen LogP contribution in [-0.4, -0.2) is 42.3 Å². The zero-order valence-corrected chi connectivity index (χ0v) is 6.50. The third kappa shape index (κ3) is 2.93. The van der Waals surface area contributed by atoms with Crippen molar-refractivity contribution >= 4 is 12.3 Å². The molecule has 0 spiro atoms. The zero-order chi connectivity index (χ0) is 6.85. The van der Waals surface area contributed by atoms with Gasteiger partial charge < -0.3 is 20.5 Å². The Morgan fingerprint density at radius 3 is 2.45 bits per heavy atom. The van der Waals surface area contributed by atoms with E-state index in [2.05, 4.69) is 5.32 Å². The van der Waals surface area contributed by atoms with E-state index >= 15 is 0 Å². The summed E-state index contributed by atoms with van der Waals surface area (Å²) in [5.74, 6) is 0. The van der Waals surface area contributed by atoms with Crippen molar-refractivity contribution in [1.29, 1.82) is 0 Å². The molecule has 0 radical (unpaired) electrons. The van der Waals surface area contributed by atoms with Crippen LogP contribution in [0.15, 0.2) is 0 Å². The quantitative estimate of drug-likeness (QED) is 0.306. The summed E-state index contributed by atoms with van der Waals surface area (Å²) in [4.78, 5) is 22.0. The maximum absolute atomic E-state index is 10.6. The first-order chi connectivity index (χ1) is 4.24. The number of carbonyl (C=O) groups excluding carboxylic acids is 2. The summed E-state index contributed by atoms with van der Waals surface area (Å²) in [7, 11) is 1.63. The van der Waals surface area contributed by atoms with Crippen molar-refractivity contribution in [3.8, 4) is 0 Å². The van der Waals surface area contributed by atoms with E-state index in [1.165, 1.54) is 4.90 Å². The zero-order valence-electron chi connectivity index (χ0n) is 6.50. The Hall–Kier alpha value is -0.503. The van der Waals surface area contributed by atoms with Crippen molar-refractivity contribution in [1.82, 2.24) is 10.2 Å². The number of urea groups is 1. The van der Waals surface area contributed by atoms with Gasteiger partial charge in [0.1, 0.15) is 0 Å². The summed E-state index contributed by atoms with van der Waals surface area (Å²) in [6.07, 6.45) is 1.70. The van der Waals surface area contributed by atoms with Crippen LogP contribution >= 0.6 is 0 Å². The van der Waals surface area contributed by atoms with Crippen molar-refractivity contribution in [2.24, 2.45) is 0 Å². The second kappa shape index (κ2) is 5.19. The van der Waals surface area contributed by atoms with Gasteiger partial charge in [-0.05, 0) is 6.04 Å². The Morgan fingerprint density at radius 2 is 2.27 bits per heavy atom. The summed E-state index contributed by atoms with van der Waals surface area (Å²) in [6, 6.07) is -0.633. The predicted molar refractivity (Wildman–Crippen MR) is 32.6 cm³/mol. The summed E-state index contributed by atoms with van der Waals surface area (Å²) in [6.45, 7) is 0.433. The molecular formula is C5H8LiN2O3-. The van der Waals surface area contributed by atoms with E-state index in [0.29, 0.717) is 6.54 Å². The van der Waals surface area contributed by atoms with Crippen LogP contribution in [0.3, 0.4) is 0 Å². The van der Waals surface area contributed by atoms with Crippen LogP contribution in [0.1, 0.15) is 0 Å². The van der Waals surface area contributed by atoms with Crippen LogP contribution in [-0.2, 0) is 4.79 Å². The molecule has 58 valence electrons. The molecule has 1 atom stereocenters. The Kier molecular flexibility index (Phi) is 6.18. The van der Waals surface area contributed by atoms with E-state index in [1.54, 1.807) is 13.3 Å². The monoisotopic (exact) mass is 151 g/mol. The Balaban J connectivity index is 0. The van der Waals surface area contributed by atoms with Crippen molar-refractivity contribution in [2.75, 3.05) is 13.6 Å². The maximum atomic E-state index is 10.6. The van der Waals surface area contributed by atoms with Gasteiger partial charge in [-0.15, -0.1) is 0 Å². The molecule has 5 nitrogen and oxygen atoms in total. The summed E-state index contributed by atoms with van der Waals surface area (Å²) >= 11 is 0. The topological polar surface area (TPSA) is 79.4 Å². The standard InChI is InChI=1S/C5H7N2O2.Li.H2O/c1-7-2-4(3-8)6-5(7)9;;/h4H,2H2,1H3,(H,6,9);;1H2/q-1;+1;/p-1. The number of likely N-dealkylation sites (N-methyl/N-ethyl adjacent to an activating group) is 1. The summed E-state index contributed by atoms with van der Waals surface area (Å²) in [5.41, 5.74) is 0. The predicted octanol–water partition coefficient (Wildman–Crippen LogP) is -4.05. The van der Waals surface area contributed by atoms with E-state index in [0.717, 1.165) is 0 Å². The fourth-order valence-electron chi connectivity index (χ4n) is 0.728. The Bertz CT molecular complexity index is 153. The summed E-state index contributed by atoms with van der Waals surface area (Å²) < 4.78 is 0. The first-order valence-corrected chi connectivity index (χ1v) is 2.63. The molecule has 2 N–H and O–H groups in total. The number of nitrogens with one attached hydrogen (secondary N) is 1. The number of amides is 2. The second-order valence-corrected chi connectivity index (χ2v) is 2.00. The molecule has 0 aromatic heterocycles. The molecule has 11 heavy (non-hydrogen) atoms. The Morgan fingerprint density at radius 1 is 1.73 bits per heavy atom. The number of hydrogen-bond donors (Lipinski definition) is 1. The molecular weight excluding hydrogens is 143 g/mol. The van der Waals surface area contributed by atoms with Crippen LogP contribution in [0.4, 0.5) is 4.79 Å². The van der Waals surface area contributed by atoms with Crippen LogP contribution < -0.4 is 24.2 Å². The van der Waals surface area contributed by atoms with Gasteiger partial charge >= 0.3 is 24.9 Å². The van der Waals surface area contributed by atoms with Crippen LogP contribution in [0.2, 0.25) is 0 Å². The molecule has 1 aliphatic heterocycles. The van der Waals surface area contributed by atoms with Gasteiger partial charge in [0.25, 0.3) is 0 Å². The van der Waals surface area contributed by atoms with E-state index in [1.807, 2.05) is 0 Å². The minimum Gasteiger partial charge on any atom is -0.870 e. The maximum Gasteiger partial charge on any atom is 1.00 e. The molecule has 2 amide bonds. The molecule has 0 aromatic rings. The van der Waals surface area contributed by atoms with Crippen molar-refractivity contribution in [2.45, 2.75) is 6.04 Å². The van der Waals surface area contributed by atoms with E-state index in [-0.39, 0.29) is 30.4 Å². The molecule has 0 aromatic carbocycles. The molecule has 1 saturated heterocycles. The average Bonchev–Trinajstić information content (AvgIpc) is 2.13. The SMILES string of the molecule is CN1CC([C-]=O)NC1=O.[Li+].[OH-]. The van der Waals surface area contributed by atoms with Crippen LogP contribution in [0.25, 0.3) is 0 Å². The molecule has 1 aliphatic rings. The van der Waals surface area contributed by atoms with Crippen LogP contribution in [0.5, 0.6) is 0 Å². The number of rotatable bonds is 1. The van der Waals surface area contributed by atoms with Crippen LogP contribution in [0, 0.1) is 0 Å². The van der Waals surface area contributed by atoms with Crippen molar-refractivity contribution in [3.05, 3.63) is 0 Å². The van der Waals surface area contributed by atoms with Crippen molar-refractivity contribution < 1.29 is 33.9 Å². The minimum absolute atomic E-state index is 0. The van der Waals surface area contributed by atoms with E-state index in [9.17, 15) is 9.59 Å². The third-order valence-electron chi connectivity index (χ3n) is 1.24. The van der Waals surface area contributed by atoms with Crippen molar-refractivity contribution in [3.63, 3.8) is 0 Å². The third-order valence-corrected chi connectivity index (χ3v) is 1.24.